The Hall–Kier alpha value is -1.92. The predicted molar refractivity (Wildman–Crippen MR) is 93.7 cm³/mol. The summed E-state index contributed by atoms with van der Waals surface area (Å²) >= 11 is 0. The number of Topliss-reactive ketones (excluding diaryl/α,β-unsaturated/α-hetero) is 1. The maximum absolute atomic E-state index is 13.2. The minimum atomic E-state index is -0.410. The number of nitrogens with zero attached hydrogens (tertiary/aromatic N) is 3. The monoisotopic (exact) mass is 358 g/mol. The maximum atomic E-state index is 13.2. The zero-order valence-electron chi connectivity index (χ0n) is 15.1. The van der Waals surface area contributed by atoms with Gasteiger partial charge in [0.05, 0.1) is 11.5 Å². The topological polar surface area (TPSA) is 88.1 Å². The molecule has 3 saturated carbocycles. The van der Waals surface area contributed by atoms with Crippen LogP contribution in [0.3, 0.4) is 0 Å². The summed E-state index contributed by atoms with van der Waals surface area (Å²) in [5.74, 6) is 1.97. The lowest BCUT2D eigenvalue weighted by Crippen LogP contribution is -2.48. The van der Waals surface area contributed by atoms with Crippen molar-refractivity contribution in [3.63, 3.8) is 0 Å². The summed E-state index contributed by atoms with van der Waals surface area (Å²) in [6, 6.07) is 0.0670. The van der Waals surface area contributed by atoms with Gasteiger partial charge in [0.1, 0.15) is 11.6 Å². The van der Waals surface area contributed by atoms with Crippen LogP contribution in [0.25, 0.3) is 0 Å². The molecule has 4 fully saturated rings. The zero-order chi connectivity index (χ0) is 17.9. The number of aromatic nitrogens is 3. The molecule has 7 nitrogen and oxygen atoms in total. The summed E-state index contributed by atoms with van der Waals surface area (Å²) in [6.45, 7) is 1.31. The largest absolute Gasteiger partial charge is 0.343 e. The van der Waals surface area contributed by atoms with Crippen LogP contribution in [0, 0.1) is 11.3 Å². The normalized spacial score (nSPS) is 32.2. The van der Waals surface area contributed by atoms with Gasteiger partial charge in [0.15, 0.2) is 0 Å². The van der Waals surface area contributed by atoms with E-state index in [-0.39, 0.29) is 29.3 Å². The quantitative estimate of drug-likeness (QED) is 0.892. The second kappa shape index (κ2) is 5.79. The highest BCUT2D eigenvalue weighted by Gasteiger charge is 2.56. The second-order valence-electron chi connectivity index (χ2n) is 8.72. The van der Waals surface area contributed by atoms with Gasteiger partial charge in [-0.25, -0.2) is 9.48 Å². The molecular formula is C19H26N4O3. The summed E-state index contributed by atoms with van der Waals surface area (Å²) in [5, 5.41) is 4.51. The summed E-state index contributed by atoms with van der Waals surface area (Å²) in [6.07, 6.45) is 7.72. The molecule has 3 aliphatic carbocycles. The number of piperidine rings is 1. The predicted octanol–water partition coefficient (Wildman–Crippen LogP) is 1.76. The molecule has 1 N–H and O–H groups in total. The molecule has 4 aliphatic rings. The maximum Gasteiger partial charge on any atom is 0.343 e. The number of hydrogen-bond donors (Lipinski definition) is 1. The molecule has 1 aliphatic heterocycles. The van der Waals surface area contributed by atoms with Crippen LogP contribution in [-0.4, -0.2) is 44.4 Å². The molecule has 1 aromatic heterocycles. The Morgan fingerprint density at radius 2 is 1.88 bits per heavy atom. The van der Waals surface area contributed by atoms with Gasteiger partial charge in [0.2, 0.25) is 5.91 Å². The van der Waals surface area contributed by atoms with E-state index in [1.165, 1.54) is 0 Å². The number of nitrogens with one attached hydrogen (secondary N) is 1. The molecule has 2 heterocycles. The fourth-order valence-corrected chi connectivity index (χ4v) is 5.50. The van der Waals surface area contributed by atoms with Crippen molar-refractivity contribution in [2.75, 3.05) is 13.1 Å². The molecule has 5 rings (SSSR count). The van der Waals surface area contributed by atoms with E-state index in [9.17, 15) is 14.4 Å². The van der Waals surface area contributed by atoms with Crippen molar-refractivity contribution in [1.29, 1.82) is 0 Å². The van der Waals surface area contributed by atoms with Crippen LogP contribution in [-0.2, 0) is 9.59 Å². The van der Waals surface area contributed by atoms with Crippen LogP contribution in [0.2, 0.25) is 0 Å². The number of rotatable bonds is 3. The third-order valence-electron chi connectivity index (χ3n) is 7.09. The number of H-pyrrole nitrogens is 1. The van der Waals surface area contributed by atoms with Crippen LogP contribution in [0.15, 0.2) is 4.79 Å². The van der Waals surface area contributed by atoms with Crippen molar-refractivity contribution in [3.05, 3.63) is 16.3 Å². The average molecular weight is 358 g/mol. The summed E-state index contributed by atoms with van der Waals surface area (Å²) in [5.41, 5.74) is -0.529. The average Bonchev–Trinajstić information content (AvgIpc) is 3.18. The fraction of sp³-hybridized carbons (Fsp3) is 0.789. The molecule has 0 radical (unpaired) electrons. The molecule has 0 bridgehead atoms. The molecule has 26 heavy (non-hydrogen) atoms. The Bertz CT molecular complexity index is 800. The minimum absolute atomic E-state index is 0.0670. The van der Waals surface area contributed by atoms with Gasteiger partial charge in [0.25, 0.3) is 0 Å². The first-order valence-corrected chi connectivity index (χ1v) is 10.1. The van der Waals surface area contributed by atoms with E-state index in [4.69, 9.17) is 0 Å². The Balaban J connectivity index is 1.28. The first kappa shape index (κ1) is 16.3. The molecule has 1 aromatic rings. The first-order valence-electron chi connectivity index (χ1n) is 10.1. The number of fused-ring (bicyclic) bond motifs is 1. The number of amides is 1. The number of carbonyl (C=O) groups is 2. The Kier molecular flexibility index (Phi) is 3.62. The van der Waals surface area contributed by atoms with E-state index in [0.29, 0.717) is 31.8 Å². The van der Waals surface area contributed by atoms with Crippen LogP contribution in [0.4, 0.5) is 0 Å². The van der Waals surface area contributed by atoms with E-state index in [1.54, 1.807) is 4.68 Å². The highest BCUT2D eigenvalue weighted by molar-refractivity contribution is 5.94. The van der Waals surface area contributed by atoms with Crippen molar-refractivity contribution >= 4 is 11.7 Å². The highest BCUT2D eigenvalue weighted by atomic mass is 16.2. The zero-order valence-corrected chi connectivity index (χ0v) is 15.1. The van der Waals surface area contributed by atoms with E-state index < -0.39 is 5.41 Å². The number of ketones is 1. The summed E-state index contributed by atoms with van der Waals surface area (Å²) in [4.78, 5) is 42.3. The lowest BCUT2D eigenvalue weighted by Gasteiger charge is -2.38. The number of hydrogen-bond acceptors (Lipinski definition) is 4. The van der Waals surface area contributed by atoms with Crippen molar-refractivity contribution in [3.8, 4) is 0 Å². The Morgan fingerprint density at radius 3 is 2.62 bits per heavy atom. The molecule has 140 valence electrons. The minimum Gasteiger partial charge on any atom is -0.342 e. The van der Waals surface area contributed by atoms with E-state index >= 15 is 0 Å². The van der Waals surface area contributed by atoms with E-state index in [2.05, 4.69) is 10.1 Å². The first-order chi connectivity index (χ1) is 12.6. The smallest absolute Gasteiger partial charge is 0.342 e. The van der Waals surface area contributed by atoms with Gasteiger partial charge in [0, 0.05) is 31.8 Å². The van der Waals surface area contributed by atoms with Gasteiger partial charge in [-0.2, -0.15) is 5.10 Å². The lowest BCUT2D eigenvalue weighted by molar-refractivity contribution is -0.145. The van der Waals surface area contributed by atoms with E-state index in [0.717, 1.165) is 50.8 Å². The standard InChI is InChI=1S/C19H26N4O3/c24-15-10-13-2-1-7-19(13,11-15)17(25)22-8-5-14(6-9-22)23-18(26)20-16(21-23)12-3-4-12/h12-14H,1-11H2,(H,20,21,26)/t13-,19-/m0/s1. The van der Waals surface area contributed by atoms with Gasteiger partial charge in [-0.3, -0.25) is 14.6 Å². The Morgan fingerprint density at radius 1 is 1.12 bits per heavy atom. The molecule has 7 heteroatoms. The van der Waals surface area contributed by atoms with Crippen molar-refractivity contribution in [2.24, 2.45) is 11.3 Å². The molecule has 1 amide bonds. The van der Waals surface area contributed by atoms with Crippen LogP contribution in [0.1, 0.15) is 75.6 Å². The van der Waals surface area contributed by atoms with Gasteiger partial charge in [-0.15, -0.1) is 0 Å². The van der Waals surface area contributed by atoms with Crippen molar-refractivity contribution in [2.45, 2.75) is 69.7 Å². The number of carbonyl (C=O) groups excluding carboxylic acids is 2. The lowest BCUT2D eigenvalue weighted by atomic mass is 9.78. The van der Waals surface area contributed by atoms with Crippen LogP contribution >= 0.6 is 0 Å². The molecule has 1 saturated heterocycles. The van der Waals surface area contributed by atoms with Gasteiger partial charge < -0.3 is 4.90 Å². The molecule has 0 aromatic carbocycles. The second-order valence-corrected chi connectivity index (χ2v) is 8.72. The van der Waals surface area contributed by atoms with Crippen LogP contribution in [0.5, 0.6) is 0 Å². The third kappa shape index (κ3) is 2.47. The number of aromatic amines is 1. The third-order valence-corrected chi connectivity index (χ3v) is 7.09. The summed E-state index contributed by atoms with van der Waals surface area (Å²) in [7, 11) is 0. The highest BCUT2D eigenvalue weighted by Crippen LogP contribution is 2.54. The molecular weight excluding hydrogens is 332 g/mol. The van der Waals surface area contributed by atoms with Gasteiger partial charge in [-0.05, 0) is 44.4 Å². The SMILES string of the molecule is O=C1C[C@@H]2CCC[C@]2(C(=O)N2CCC(n3nc(C4CC4)[nH]c3=O)CC2)C1. The summed E-state index contributed by atoms with van der Waals surface area (Å²) < 4.78 is 1.60. The molecule has 2 atom stereocenters. The molecule has 0 spiro atoms. The van der Waals surface area contributed by atoms with Crippen molar-refractivity contribution in [1.82, 2.24) is 19.7 Å². The fourth-order valence-electron chi connectivity index (χ4n) is 5.50. The van der Waals surface area contributed by atoms with Crippen molar-refractivity contribution < 1.29 is 9.59 Å². The van der Waals surface area contributed by atoms with E-state index in [1.807, 2.05) is 4.90 Å². The van der Waals surface area contributed by atoms with Gasteiger partial charge in [-0.1, -0.05) is 6.42 Å². The molecule has 0 unspecified atom stereocenters. The van der Waals surface area contributed by atoms with Gasteiger partial charge >= 0.3 is 5.69 Å². The number of likely N-dealkylation sites (tertiary alicyclic amines) is 1. The Labute approximate surface area is 152 Å². The van der Waals surface area contributed by atoms with Crippen LogP contribution < -0.4 is 5.69 Å².